The molecule has 0 heterocycles. The summed E-state index contributed by atoms with van der Waals surface area (Å²) in [5.74, 6) is 0.0168. The first-order valence-electron chi connectivity index (χ1n) is 6.23. The highest BCUT2D eigenvalue weighted by atomic mass is 16.5. The molecule has 1 unspecified atom stereocenters. The third-order valence-electron chi connectivity index (χ3n) is 2.64. The summed E-state index contributed by atoms with van der Waals surface area (Å²) in [6.07, 6.45) is 0. The third kappa shape index (κ3) is 3.88. The molecule has 0 saturated heterocycles. The van der Waals surface area contributed by atoms with Crippen molar-refractivity contribution in [1.82, 2.24) is 5.32 Å². The second-order valence-electron chi connectivity index (χ2n) is 4.01. The first-order valence-corrected chi connectivity index (χ1v) is 6.23. The van der Waals surface area contributed by atoms with Crippen molar-refractivity contribution < 1.29 is 23.8 Å². The summed E-state index contributed by atoms with van der Waals surface area (Å²) in [5, 5.41) is 2.56. The number of ether oxygens (including phenoxy) is 3. The number of carbonyl (C=O) groups excluding carboxylic acids is 2. The summed E-state index contributed by atoms with van der Waals surface area (Å²) in [6, 6.07) is 4.12. The minimum Gasteiger partial charge on any atom is -0.497 e. The number of nitrogens with one attached hydrogen (secondary N) is 1. The highest BCUT2D eigenvalue weighted by Crippen LogP contribution is 2.23. The van der Waals surface area contributed by atoms with Gasteiger partial charge in [0.1, 0.15) is 17.5 Å². The SMILES string of the molecule is CCOC(=O)C(C)NC(=O)c1cc(OC)ccc1OC. The summed E-state index contributed by atoms with van der Waals surface area (Å²) in [6.45, 7) is 3.53. The molecule has 0 fully saturated rings. The number of amides is 1. The number of hydrogen-bond acceptors (Lipinski definition) is 5. The van der Waals surface area contributed by atoms with Crippen LogP contribution in [-0.2, 0) is 9.53 Å². The van der Waals surface area contributed by atoms with Gasteiger partial charge < -0.3 is 19.5 Å². The van der Waals surface area contributed by atoms with E-state index in [4.69, 9.17) is 14.2 Å². The zero-order valence-electron chi connectivity index (χ0n) is 12.1. The molecule has 1 aromatic carbocycles. The maximum Gasteiger partial charge on any atom is 0.328 e. The van der Waals surface area contributed by atoms with Gasteiger partial charge in [-0.05, 0) is 32.0 Å². The summed E-state index contributed by atoms with van der Waals surface area (Å²) in [7, 11) is 2.97. The normalized spacial score (nSPS) is 11.4. The van der Waals surface area contributed by atoms with Crippen LogP contribution in [0.15, 0.2) is 18.2 Å². The van der Waals surface area contributed by atoms with Crippen molar-refractivity contribution in [2.45, 2.75) is 19.9 Å². The lowest BCUT2D eigenvalue weighted by molar-refractivity contribution is -0.144. The molecule has 1 amide bonds. The number of carbonyl (C=O) groups is 2. The quantitative estimate of drug-likeness (QED) is 0.797. The second kappa shape index (κ2) is 7.37. The first kappa shape index (κ1) is 15.8. The zero-order chi connectivity index (χ0) is 15.1. The van der Waals surface area contributed by atoms with Gasteiger partial charge in [-0.15, -0.1) is 0 Å². The van der Waals surface area contributed by atoms with Crippen molar-refractivity contribution in [1.29, 1.82) is 0 Å². The Kier molecular flexibility index (Phi) is 5.83. The Labute approximate surface area is 118 Å². The molecule has 6 nitrogen and oxygen atoms in total. The number of hydrogen-bond donors (Lipinski definition) is 1. The van der Waals surface area contributed by atoms with E-state index in [-0.39, 0.29) is 6.61 Å². The molecule has 0 bridgehead atoms. The largest absolute Gasteiger partial charge is 0.497 e. The molecular formula is C14H19NO5. The molecule has 1 rings (SSSR count). The van der Waals surface area contributed by atoms with Gasteiger partial charge in [-0.3, -0.25) is 4.79 Å². The summed E-state index contributed by atoms with van der Waals surface area (Å²) in [4.78, 5) is 23.7. The van der Waals surface area contributed by atoms with Gasteiger partial charge in [-0.1, -0.05) is 0 Å². The van der Waals surface area contributed by atoms with E-state index < -0.39 is 17.9 Å². The standard InChI is InChI=1S/C14H19NO5/c1-5-20-14(17)9(2)15-13(16)11-8-10(18-3)6-7-12(11)19-4/h6-9H,5H2,1-4H3,(H,15,16). The van der Waals surface area contributed by atoms with Crippen LogP contribution < -0.4 is 14.8 Å². The zero-order valence-corrected chi connectivity index (χ0v) is 12.1. The number of benzene rings is 1. The highest BCUT2D eigenvalue weighted by Gasteiger charge is 2.20. The minimum absolute atomic E-state index is 0.265. The maximum atomic E-state index is 12.2. The third-order valence-corrected chi connectivity index (χ3v) is 2.64. The van der Waals surface area contributed by atoms with Crippen molar-refractivity contribution in [3.63, 3.8) is 0 Å². The van der Waals surface area contributed by atoms with Crippen LogP contribution in [0.4, 0.5) is 0 Å². The Morgan fingerprint density at radius 2 is 1.95 bits per heavy atom. The summed E-state index contributed by atoms with van der Waals surface area (Å²) in [5.41, 5.74) is 0.294. The average Bonchev–Trinajstić information content (AvgIpc) is 2.46. The van der Waals surface area contributed by atoms with Crippen molar-refractivity contribution in [3.05, 3.63) is 23.8 Å². The minimum atomic E-state index is -0.738. The number of rotatable bonds is 6. The first-order chi connectivity index (χ1) is 9.53. The van der Waals surface area contributed by atoms with Crippen LogP contribution in [0.5, 0.6) is 11.5 Å². The molecule has 0 aliphatic carbocycles. The monoisotopic (exact) mass is 281 g/mol. The molecule has 1 aromatic rings. The molecule has 110 valence electrons. The number of esters is 1. The van der Waals surface area contributed by atoms with Crippen LogP contribution in [0.25, 0.3) is 0 Å². The van der Waals surface area contributed by atoms with Crippen LogP contribution >= 0.6 is 0 Å². The molecule has 0 aromatic heterocycles. The van der Waals surface area contributed by atoms with E-state index in [0.29, 0.717) is 17.1 Å². The lowest BCUT2D eigenvalue weighted by Crippen LogP contribution is -2.39. The molecule has 6 heteroatoms. The second-order valence-corrected chi connectivity index (χ2v) is 4.01. The van der Waals surface area contributed by atoms with E-state index in [1.807, 2.05) is 0 Å². The predicted molar refractivity (Wildman–Crippen MR) is 73.1 cm³/mol. The van der Waals surface area contributed by atoms with Gasteiger partial charge in [0.25, 0.3) is 5.91 Å². The smallest absolute Gasteiger partial charge is 0.328 e. The van der Waals surface area contributed by atoms with Gasteiger partial charge in [-0.2, -0.15) is 0 Å². The van der Waals surface area contributed by atoms with Crippen molar-refractivity contribution >= 4 is 11.9 Å². The molecule has 1 atom stereocenters. The van der Waals surface area contributed by atoms with Crippen LogP contribution in [-0.4, -0.2) is 38.7 Å². The van der Waals surface area contributed by atoms with Gasteiger partial charge in [-0.25, -0.2) is 4.79 Å². The van der Waals surface area contributed by atoms with Crippen LogP contribution in [0.2, 0.25) is 0 Å². The molecule has 0 spiro atoms. The maximum absolute atomic E-state index is 12.2. The number of methoxy groups -OCH3 is 2. The van der Waals surface area contributed by atoms with Crippen LogP contribution in [0.3, 0.4) is 0 Å². The van der Waals surface area contributed by atoms with E-state index in [2.05, 4.69) is 5.32 Å². The van der Waals surface area contributed by atoms with E-state index in [0.717, 1.165) is 0 Å². The lowest BCUT2D eigenvalue weighted by atomic mass is 10.1. The fourth-order valence-corrected chi connectivity index (χ4v) is 1.59. The lowest BCUT2D eigenvalue weighted by Gasteiger charge is -2.14. The molecule has 0 aliphatic rings. The Morgan fingerprint density at radius 3 is 2.50 bits per heavy atom. The van der Waals surface area contributed by atoms with Gasteiger partial charge in [0.05, 0.1) is 26.4 Å². The Hall–Kier alpha value is -2.24. The van der Waals surface area contributed by atoms with Gasteiger partial charge in [0.15, 0.2) is 0 Å². The Bertz CT molecular complexity index is 486. The molecule has 0 radical (unpaired) electrons. The van der Waals surface area contributed by atoms with E-state index in [9.17, 15) is 9.59 Å². The summed E-state index contributed by atoms with van der Waals surface area (Å²) >= 11 is 0. The van der Waals surface area contributed by atoms with E-state index in [1.165, 1.54) is 14.2 Å². The Balaban J connectivity index is 2.88. The van der Waals surface area contributed by atoms with Crippen molar-refractivity contribution in [3.8, 4) is 11.5 Å². The Morgan fingerprint density at radius 1 is 1.25 bits per heavy atom. The van der Waals surface area contributed by atoms with Gasteiger partial charge in [0, 0.05) is 0 Å². The molecule has 1 N–H and O–H groups in total. The van der Waals surface area contributed by atoms with Crippen LogP contribution in [0.1, 0.15) is 24.2 Å². The fourth-order valence-electron chi connectivity index (χ4n) is 1.59. The van der Waals surface area contributed by atoms with Crippen molar-refractivity contribution in [2.75, 3.05) is 20.8 Å². The molecule has 20 heavy (non-hydrogen) atoms. The van der Waals surface area contributed by atoms with Crippen LogP contribution in [0, 0.1) is 0 Å². The molecular weight excluding hydrogens is 262 g/mol. The topological polar surface area (TPSA) is 73.9 Å². The summed E-state index contributed by atoms with van der Waals surface area (Å²) < 4.78 is 15.0. The molecule has 0 saturated carbocycles. The fraction of sp³-hybridized carbons (Fsp3) is 0.429. The van der Waals surface area contributed by atoms with E-state index >= 15 is 0 Å². The molecule has 0 aliphatic heterocycles. The predicted octanol–water partition coefficient (Wildman–Crippen LogP) is 1.39. The van der Waals surface area contributed by atoms with Gasteiger partial charge in [0.2, 0.25) is 0 Å². The highest BCUT2D eigenvalue weighted by molar-refractivity contribution is 5.99. The average molecular weight is 281 g/mol. The van der Waals surface area contributed by atoms with Gasteiger partial charge >= 0.3 is 5.97 Å². The van der Waals surface area contributed by atoms with Crippen molar-refractivity contribution in [2.24, 2.45) is 0 Å². The van der Waals surface area contributed by atoms with E-state index in [1.54, 1.807) is 32.0 Å².